The summed E-state index contributed by atoms with van der Waals surface area (Å²) in [4.78, 5) is 13.7. The maximum atomic E-state index is 12.9. The van der Waals surface area contributed by atoms with Gasteiger partial charge in [0.15, 0.2) is 5.75 Å². The lowest BCUT2D eigenvalue weighted by Gasteiger charge is -2.11. The van der Waals surface area contributed by atoms with Gasteiger partial charge < -0.3 is 9.64 Å². The maximum absolute atomic E-state index is 12.9. The van der Waals surface area contributed by atoms with Crippen LogP contribution in [-0.2, 0) is 6.61 Å². The number of carbonyl (C=O) groups is 1. The van der Waals surface area contributed by atoms with E-state index in [1.54, 1.807) is 31.1 Å². The van der Waals surface area contributed by atoms with E-state index < -0.39 is 5.91 Å². The van der Waals surface area contributed by atoms with Gasteiger partial charge in [-0.25, -0.2) is 9.82 Å². The van der Waals surface area contributed by atoms with Gasteiger partial charge in [-0.1, -0.05) is 35.3 Å². The first-order valence-electron chi connectivity index (χ1n) is 7.23. The largest absolute Gasteiger partial charge is 0.486 e. The van der Waals surface area contributed by atoms with Crippen LogP contribution in [-0.4, -0.2) is 31.2 Å². The van der Waals surface area contributed by atoms with Gasteiger partial charge in [-0.2, -0.15) is 5.10 Å². The minimum atomic E-state index is -0.452. The first-order valence-corrected chi connectivity index (χ1v) is 7.98. The molecule has 0 bridgehead atoms. The average molecular weight is 384 g/mol. The van der Waals surface area contributed by atoms with E-state index in [0.717, 1.165) is 5.56 Å². The summed E-state index contributed by atoms with van der Waals surface area (Å²) in [6, 6.07) is 8.75. The minimum Gasteiger partial charge on any atom is -0.486 e. The van der Waals surface area contributed by atoms with Crippen LogP contribution >= 0.6 is 23.2 Å². The van der Waals surface area contributed by atoms with Crippen LogP contribution in [0.25, 0.3) is 0 Å². The van der Waals surface area contributed by atoms with Crippen LogP contribution < -0.4 is 10.2 Å². The summed E-state index contributed by atoms with van der Waals surface area (Å²) >= 11 is 12.3. The van der Waals surface area contributed by atoms with Crippen molar-refractivity contribution in [2.75, 3.05) is 14.1 Å². The van der Waals surface area contributed by atoms with Gasteiger partial charge in [0.2, 0.25) is 0 Å². The SMILES string of the molecule is CN(C)C=NNC(=O)c1cc(Cl)c(OCc2ccc(F)cc2)c(Cl)c1. The third-order valence-electron chi connectivity index (χ3n) is 3.01. The Morgan fingerprint density at radius 1 is 1.24 bits per heavy atom. The highest BCUT2D eigenvalue weighted by atomic mass is 35.5. The lowest BCUT2D eigenvalue weighted by atomic mass is 10.2. The summed E-state index contributed by atoms with van der Waals surface area (Å²) in [6.07, 6.45) is 1.45. The van der Waals surface area contributed by atoms with Crippen LogP contribution in [0.15, 0.2) is 41.5 Å². The van der Waals surface area contributed by atoms with Crippen molar-refractivity contribution in [1.82, 2.24) is 10.3 Å². The number of hydrazone groups is 1. The van der Waals surface area contributed by atoms with E-state index in [2.05, 4.69) is 10.5 Å². The molecule has 0 heterocycles. The molecular weight excluding hydrogens is 368 g/mol. The normalized spacial score (nSPS) is 10.8. The zero-order valence-corrected chi connectivity index (χ0v) is 15.1. The molecule has 25 heavy (non-hydrogen) atoms. The molecule has 132 valence electrons. The van der Waals surface area contributed by atoms with Crippen molar-refractivity contribution in [3.8, 4) is 5.75 Å². The second-order valence-corrected chi connectivity index (χ2v) is 6.15. The molecule has 0 aliphatic rings. The first-order chi connectivity index (χ1) is 11.9. The predicted molar refractivity (Wildman–Crippen MR) is 96.8 cm³/mol. The van der Waals surface area contributed by atoms with Crippen molar-refractivity contribution in [1.29, 1.82) is 0 Å². The van der Waals surface area contributed by atoms with Gasteiger partial charge in [0.1, 0.15) is 18.8 Å². The Kier molecular flexibility index (Phi) is 6.61. The highest BCUT2D eigenvalue weighted by Crippen LogP contribution is 2.34. The third kappa shape index (κ3) is 5.62. The smallest absolute Gasteiger partial charge is 0.271 e. The molecule has 2 aromatic carbocycles. The Morgan fingerprint density at radius 2 is 1.84 bits per heavy atom. The van der Waals surface area contributed by atoms with Crippen molar-refractivity contribution < 1.29 is 13.9 Å². The molecule has 0 aliphatic heterocycles. The molecule has 2 rings (SSSR count). The van der Waals surface area contributed by atoms with Gasteiger partial charge in [-0.3, -0.25) is 4.79 Å². The Hall–Kier alpha value is -2.31. The maximum Gasteiger partial charge on any atom is 0.271 e. The van der Waals surface area contributed by atoms with Crippen LogP contribution in [0.4, 0.5) is 4.39 Å². The Labute approximate surface area is 155 Å². The Bertz CT molecular complexity index is 757. The van der Waals surface area contributed by atoms with Gasteiger partial charge in [-0.15, -0.1) is 0 Å². The number of hydrogen-bond acceptors (Lipinski definition) is 3. The zero-order valence-electron chi connectivity index (χ0n) is 13.6. The number of benzene rings is 2. The van der Waals surface area contributed by atoms with Crippen molar-refractivity contribution in [3.63, 3.8) is 0 Å². The summed E-state index contributed by atoms with van der Waals surface area (Å²) in [5.41, 5.74) is 3.37. The van der Waals surface area contributed by atoms with Gasteiger partial charge in [0, 0.05) is 19.7 Å². The number of halogens is 3. The van der Waals surface area contributed by atoms with Crippen LogP contribution in [0, 0.1) is 5.82 Å². The first kappa shape index (κ1) is 19.0. The Balaban J connectivity index is 2.08. The molecule has 0 atom stereocenters. The van der Waals surface area contributed by atoms with Crippen molar-refractivity contribution in [2.45, 2.75) is 6.61 Å². The summed E-state index contributed by atoms with van der Waals surface area (Å²) in [6.45, 7) is 0.165. The standard InChI is InChI=1S/C17H16Cl2FN3O2/c1-23(2)10-21-22-17(24)12-7-14(18)16(15(19)8-12)25-9-11-3-5-13(20)6-4-11/h3-8,10H,9H2,1-2H3,(H,22,24). The predicted octanol–water partition coefficient (Wildman–Crippen LogP) is 3.95. The number of rotatable bonds is 6. The van der Waals surface area contributed by atoms with Gasteiger partial charge in [0.05, 0.1) is 10.0 Å². The fourth-order valence-corrected chi connectivity index (χ4v) is 2.43. The molecule has 0 saturated heterocycles. The molecule has 0 fully saturated rings. The van der Waals surface area contributed by atoms with Crippen LogP contribution in [0.3, 0.4) is 0 Å². The number of nitrogens with one attached hydrogen (secondary N) is 1. The summed E-state index contributed by atoms with van der Waals surface area (Å²) in [5.74, 6) is -0.528. The molecular formula is C17H16Cl2FN3O2. The van der Waals surface area contributed by atoms with Crippen molar-refractivity contribution in [2.24, 2.45) is 5.10 Å². The molecule has 0 saturated carbocycles. The molecule has 8 heteroatoms. The topological polar surface area (TPSA) is 53.9 Å². The number of ether oxygens (including phenoxy) is 1. The summed E-state index contributed by atoms with van der Waals surface area (Å²) in [7, 11) is 3.55. The summed E-state index contributed by atoms with van der Waals surface area (Å²) < 4.78 is 18.5. The molecule has 0 radical (unpaired) electrons. The van der Waals surface area contributed by atoms with Crippen LogP contribution in [0.2, 0.25) is 10.0 Å². The lowest BCUT2D eigenvalue weighted by molar-refractivity contribution is 0.0954. The van der Waals surface area contributed by atoms with E-state index >= 15 is 0 Å². The van der Waals surface area contributed by atoms with Gasteiger partial charge in [-0.05, 0) is 29.8 Å². The monoisotopic (exact) mass is 383 g/mol. The lowest BCUT2D eigenvalue weighted by Crippen LogP contribution is -2.20. The Morgan fingerprint density at radius 3 is 2.40 bits per heavy atom. The molecule has 2 aromatic rings. The number of nitrogens with zero attached hydrogens (tertiary/aromatic N) is 2. The second kappa shape index (κ2) is 8.69. The molecule has 5 nitrogen and oxygen atoms in total. The third-order valence-corrected chi connectivity index (χ3v) is 3.57. The fourth-order valence-electron chi connectivity index (χ4n) is 1.83. The minimum absolute atomic E-state index is 0.165. The van der Waals surface area contributed by atoms with Crippen molar-refractivity contribution in [3.05, 3.63) is 63.4 Å². The van der Waals surface area contributed by atoms with E-state index in [0.29, 0.717) is 0 Å². The zero-order chi connectivity index (χ0) is 18.4. The average Bonchev–Trinajstić information content (AvgIpc) is 2.55. The number of amides is 1. The van der Waals surface area contributed by atoms with Gasteiger partial charge >= 0.3 is 0 Å². The van der Waals surface area contributed by atoms with Crippen LogP contribution in [0.1, 0.15) is 15.9 Å². The van der Waals surface area contributed by atoms with E-state index in [1.807, 2.05) is 0 Å². The molecule has 0 aliphatic carbocycles. The quantitative estimate of drug-likeness (QED) is 0.466. The molecule has 1 N–H and O–H groups in total. The van der Waals surface area contributed by atoms with E-state index in [-0.39, 0.29) is 33.8 Å². The van der Waals surface area contributed by atoms with E-state index in [4.69, 9.17) is 27.9 Å². The highest BCUT2D eigenvalue weighted by molar-refractivity contribution is 6.37. The molecule has 0 unspecified atom stereocenters. The van der Waals surface area contributed by atoms with Crippen molar-refractivity contribution >= 4 is 35.4 Å². The summed E-state index contributed by atoms with van der Waals surface area (Å²) in [5, 5.41) is 4.15. The van der Waals surface area contributed by atoms with E-state index in [9.17, 15) is 9.18 Å². The molecule has 0 aromatic heterocycles. The fraction of sp³-hybridized carbons (Fsp3) is 0.176. The number of carbonyl (C=O) groups excluding carboxylic acids is 1. The molecule has 0 spiro atoms. The highest BCUT2D eigenvalue weighted by Gasteiger charge is 2.14. The van der Waals surface area contributed by atoms with E-state index in [1.165, 1.54) is 30.6 Å². The molecule has 1 amide bonds. The number of hydrogen-bond donors (Lipinski definition) is 1. The second-order valence-electron chi connectivity index (χ2n) is 5.33. The van der Waals surface area contributed by atoms with Gasteiger partial charge in [0.25, 0.3) is 5.91 Å². The van der Waals surface area contributed by atoms with Crippen LogP contribution in [0.5, 0.6) is 5.75 Å².